The summed E-state index contributed by atoms with van der Waals surface area (Å²) in [7, 11) is 0. The van der Waals surface area contributed by atoms with Crippen LogP contribution in [0.2, 0.25) is 5.15 Å². The molecule has 0 amide bonds. The van der Waals surface area contributed by atoms with E-state index in [1.165, 1.54) is 0 Å². The number of anilines is 3. The van der Waals surface area contributed by atoms with Gasteiger partial charge in [0.25, 0.3) is 0 Å². The van der Waals surface area contributed by atoms with Gasteiger partial charge in [-0.05, 0) is 35.7 Å². The fourth-order valence-electron chi connectivity index (χ4n) is 2.81. The number of aromatic nitrogens is 2. The average Bonchev–Trinajstić information content (AvgIpc) is 2.61. The summed E-state index contributed by atoms with van der Waals surface area (Å²) in [5.74, 6) is 1.55. The molecule has 3 N–H and O–H groups in total. The minimum absolute atomic E-state index is 0.113. The van der Waals surface area contributed by atoms with Crippen LogP contribution < -0.4 is 15.8 Å². The average molecular weight is 371 g/mol. The van der Waals surface area contributed by atoms with Crippen molar-refractivity contribution in [1.82, 2.24) is 9.97 Å². The molecule has 2 aromatic heterocycles. The second kappa shape index (κ2) is 6.63. The van der Waals surface area contributed by atoms with Gasteiger partial charge in [0.15, 0.2) is 5.15 Å². The molecule has 4 rings (SSSR count). The van der Waals surface area contributed by atoms with Crippen LogP contribution in [0.4, 0.5) is 17.2 Å². The number of fused-ring (bicyclic) bond motifs is 1. The Hall–Kier alpha value is -2.57. The van der Waals surface area contributed by atoms with Gasteiger partial charge < -0.3 is 20.5 Å². The van der Waals surface area contributed by atoms with Gasteiger partial charge in [-0.25, -0.2) is 9.97 Å². The molecule has 1 fully saturated rings. The van der Waals surface area contributed by atoms with Crippen molar-refractivity contribution in [3.63, 3.8) is 0 Å². The normalized spacial score (nSPS) is 15.5. The predicted molar refractivity (Wildman–Crippen MR) is 103 cm³/mol. The Bertz CT molecular complexity index is 959. The molecule has 0 aliphatic carbocycles. The Labute approximate surface area is 156 Å². The fraction of sp³-hybridized carbons (Fsp3) is 0.263. The second-order valence-electron chi connectivity index (χ2n) is 6.86. The minimum Gasteiger partial charge on any atom is -0.493 e. The van der Waals surface area contributed by atoms with Gasteiger partial charge in [0, 0.05) is 17.0 Å². The first-order chi connectivity index (χ1) is 12.5. The molecule has 1 aliphatic heterocycles. The molecular formula is C19H19ClN4O2. The number of nitrogens with zero attached hydrogens (tertiary/aromatic N) is 2. The minimum atomic E-state index is 0.113. The lowest BCUT2D eigenvalue weighted by molar-refractivity contribution is -0.120. The highest BCUT2D eigenvalue weighted by atomic mass is 35.5. The van der Waals surface area contributed by atoms with E-state index in [0.29, 0.717) is 12.3 Å². The van der Waals surface area contributed by atoms with Gasteiger partial charge >= 0.3 is 0 Å². The van der Waals surface area contributed by atoms with Crippen LogP contribution in [0.5, 0.6) is 5.75 Å². The van der Waals surface area contributed by atoms with Crippen LogP contribution in [0.3, 0.4) is 0 Å². The summed E-state index contributed by atoms with van der Waals surface area (Å²) in [5.41, 5.74) is 7.07. The van der Waals surface area contributed by atoms with Gasteiger partial charge in [0.05, 0.1) is 37.4 Å². The fourth-order valence-corrected chi connectivity index (χ4v) is 2.91. The van der Waals surface area contributed by atoms with E-state index in [1.807, 2.05) is 24.3 Å². The number of nitrogens with two attached hydrogens (primary N) is 1. The maximum absolute atomic E-state index is 5.95. The monoisotopic (exact) mass is 370 g/mol. The molecule has 6 nitrogen and oxygen atoms in total. The van der Waals surface area contributed by atoms with E-state index in [0.717, 1.165) is 41.2 Å². The molecule has 3 heterocycles. The first-order valence-electron chi connectivity index (χ1n) is 8.30. The van der Waals surface area contributed by atoms with E-state index in [4.69, 9.17) is 26.8 Å². The topological polar surface area (TPSA) is 82.3 Å². The molecule has 0 radical (unpaired) electrons. The molecule has 134 valence electrons. The standard InChI is InChI=1S/C19H19ClN4O2/c1-19(9-25-10-19)11-26-14-2-3-15-12(6-14)4-5-22-18(15)24-13-7-16(21)17(20)23-8-13/h2-8H,9-11,21H2,1H3,(H,22,24). The van der Waals surface area contributed by atoms with Gasteiger partial charge in [-0.15, -0.1) is 0 Å². The van der Waals surface area contributed by atoms with E-state index in [1.54, 1.807) is 18.5 Å². The Morgan fingerprint density at radius 1 is 1.27 bits per heavy atom. The number of pyridine rings is 2. The second-order valence-corrected chi connectivity index (χ2v) is 7.22. The number of nitrogens with one attached hydrogen (secondary N) is 1. The molecule has 0 unspecified atom stereocenters. The largest absolute Gasteiger partial charge is 0.493 e. The Kier molecular flexibility index (Phi) is 4.30. The smallest absolute Gasteiger partial charge is 0.152 e. The van der Waals surface area contributed by atoms with Crippen molar-refractivity contribution in [3.8, 4) is 5.75 Å². The van der Waals surface area contributed by atoms with E-state index in [9.17, 15) is 0 Å². The number of halogens is 1. The summed E-state index contributed by atoms with van der Waals surface area (Å²) in [6.07, 6.45) is 3.38. The van der Waals surface area contributed by atoms with Crippen molar-refractivity contribution < 1.29 is 9.47 Å². The maximum atomic E-state index is 5.95. The highest BCUT2D eigenvalue weighted by Crippen LogP contribution is 2.31. The van der Waals surface area contributed by atoms with E-state index in [2.05, 4.69) is 22.2 Å². The maximum Gasteiger partial charge on any atom is 0.152 e. The van der Waals surface area contributed by atoms with Gasteiger partial charge in [0.2, 0.25) is 0 Å². The molecule has 0 spiro atoms. The van der Waals surface area contributed by atoms with Crippen LogP contribution in [-0.2, 0) is 4.74 Å². The zero-order valence-electron chi connectivity index (χ0n) is 14.3. The number of hydrogen-bond acceptors (Lipinski definition) is 6. The number of benzene rings is 1. The van der Waals surface area contributed by atoms with Crippen LogP contribution >= 0.6 is 11.6 Å². The van der Waals surface area contributed by atoms with Crippen molar-refractivity contribution in [2.75, 3.05) is 30.9 Å². The first-order valence-corrected chi connectivity index (χ1v) is 8.68. The van der Waals surface area contributed by atoms with Gasteiger partial charge in [-0.3, -0.25) is 0 Å². The molecule has 1 saturated heterocycles. The number of ether oxygens (including phenoxy) is 2. The van der Waals surface area contributed by atoms with Crippen molar-refractivity contribution in [3.05, 3.63) is 47.9 Å². The number of hydrogen-bond donors (Lipinski definition) is 2. The molecule has 26 heavy (non-hydrogen) atoms. The lowest BCUT2D eigenvalue weighted by atomic mass is 9.90. The Morgan fingerprint density at radius 3 is 2.85 bits per heavy atom. The number of rotatable bonds is 5. The van der Waals surface area contributed by atoms with Gasteiger partial charge in [0.1, 0.15) is 11.6 Å². The summed E-state index contributed by atoms with van der Waals surface area (Å²) >= 11 is 5.87. The van der Waals surface area contributed by atoms with Gasteiger partial charge in [-0.1, -0.05) is 18.5 Å². The zero-order valence-corrected chi connectivity index (χ0v) is 15.1. The molecule has 1 aromatic carbocycles. The highest BCUT2D eigenvalue weighted by Gasteiger charge is 2.34. The van der Waals surface area contributed by atoms with Crippen LogP contribution in [0.1, 0.15) is 6.92 Å². The lowest BCUT2D eigenvalue weighted by Gasteiger charge is -2.37. The molecule has 0 saturated carbocycles. The molecule has 0 bridgehead atoms. The van der Waals surface area contributed by atoms with E-state index < -0.39 is 0 Å². The molecule has 7 heteroatoms. The van der Waals surface area contributed by atoms with Gasteiger partial charge in [-0.2, -0.15) is 0 Å². The summed E-state index contributed by atoms with van der Waals surface area (Å²) in [6.45, 7) is 4.30. The first kappa shape index (κ1) is 16.9. The molecule has 3 aromatic rings. The number of nitrogen functional groups attached to an aromatic ring is 1. The highest BCUT2D eigenvalue weighted by molar-refractivity contribution is 6.31. The predicted octanol–water partition coefficient (Wildman–Crippen LogP) is 4.02. The third kappa shape index (κ3) is 3.38. The Morgan fingerprint density at radius 2 is 2.12 bits per heavy atom. The summed E-state index contributed by atoms with van der Waals surface area (Å²) in [4.78, 5) is 8.47. The quantitative estimate of drug-likeness (QED) is 0.660. The summed E-state index contributed by atoms with van der Waals surface area (Å²) in [5, 5.41) is 5.54. The van der Waals surface area contributed by atoms with Crippen molar-refractivity contribution >= 4 is 39.6 Å². The third-order valence-corrected chi connectivity index (χ3v) is 4.67. The van der Waals surface area contributed by atoms with E-state index >= 15 is 0 Å². The zero-order chi connectivity index (χ0) is 18.1. The molecular weight excluding hydrogens is 352 g/mol. The van der Waals surface area contributed by atoms with Crippen LogP contribution in [-0.4, -0.2) is 29.8 Å². The molecule has 1 aliphatic rings. The third-order valence-electron chi connectivity index (χ3n) is 4.35. The Balaban J connectivity index is 1.57. The molecule has 0 atom stereocenters. The van der Waals surface area contributed by atoms with Crippen LogP contribution in [0.15, 0.2) is 42.7 Å². The van der Waals surface area contributed by atoms with Crippen molar-refractivity contribution in [2.24, 2.45) is 5.41 Å². The summed E-state index contributed by atoms with van der Waals surface area (Å²) < 4.78 is 11.2. The van der Waals surface area contributed by atoms with Crippen LogP contribution in [0.25, 0.3) is 10.8 Å². The SMILES string of the molecule is CC1(COc2ccc3c(Nc4cnc(Cl)c(N)c4)nccc3c2)COC1. The van der Waals surface area contributed by atoms with Crippen molar-refractivity contribution in [1.29, 1.82) is 0 Å². The summed E-state index contributed by atoms with van der Waals surface area (Å²) in [6, 6.07) is 9.64. The van der Waals surface area contributed by atoms with Crippen LogP contribution in [0, 0.1) is 5.41 Å². The lowest BCUT2D eigenvalue weighted by Crippen LogP contribution is -2.44. The van der Waals surface area contributed by atoms with E-state index in [-0.39, 0.29) is 10.6 Å². The van der Waals surface area contributed by atoms with Crippen molar-refractivity contribution in [2.45, 2.75) is 6.92 Å².